The normalized spacial score (nSPS) is 10.8. The minimum Gasteiger partial charge on any atom is -0.493 e. The zero-order valence-corrected chi connectivity index (χ0v) is 9.22. The van der Waals surface area contributed by atoms with E-state index in [1.54, 1.807) is 6.08 Å². The van der Waals surface area contributed by atoms with E-state index in [4.69, 9.17) is 0 Å². The zero-order chi connectivity index (χ0) is 11.8. The molecule has 0 unspecified atom stereocenters. The maximum Gasteiger partial charge on any atom is 0.219 e. The molecule has 2 nitrogen and oxygen atoms in total. The summed E-state index contributed by atoms with van der Waals surface area (Å²) in [5.74, 6) is 0.0717. The van der Waals surface area contributed by atoms with Gasteiger partial charge in [-0.05, 0) is 23.1 Å². The first-order valence-electron chi connectivity index (χ1n) is 5.43. The van der Waals surface area contributed by atoms with Gasteiger partial charge in [-0.1, -0.05) is 43.0 Å². The van der Waals surface area contributed by atoms with E-state index in [-0.39, 0.29) is 5.88 Å². The summed E-state index contributed by atoms with van der Waals surface area (Å²) in [6, 6.07) is 13.7. The second-order valence-electron chi connectivity index (χ2n) is 3.96. The van der Waals surface area contributed by atoms with Crippen molar-refractivity contribution in [3.8, 4) is 5.88 Å². The summed E-state index contributed by atoms with van der Waals surface area (Å²) in [4.78, 5) is 4.20. The quantitative estimate of drug-likeness (QED) is 0.635. The third kappa shape index (κ3) is 1.46. The Bertz CT molecular complexity index is 731. The third-order valence-electron chi connectivity index (χ3n) is 2.94. The van der Waals surface area contributed by atoms with Crippen LogP contribution in [0, 0.1) is 0 Å². The van der Waals surface area contributed by atoms with Gasteiger partial charge in [0.25, 0.3) is 0 Å². The van der Waals surface area contributed by atoms with Gasteiger partial charge in [0.05, 0.1) is 5.52 Å². The number of pyridine rings is 1. The van der Waals surface area contributed by atoms with E-state index >= 15 is 0 Å². The molecule has 0 bridgehead atoms. The van der Waals surface area contributed by atoms with Gasteiger partial charge in [0, 0.05) is 10.8 Å². The van der Waals surface area contributed by atoms with Crippen molar-refractivity contribution in [1.29, 1.82) is 0 Å². The lowest BCUT2D eigenvalue weighted by molar-refractivity contribution is 0.462. The first-order chi connectivity index (χ1) is 8.29. The fourth-order valence-electron chi connectivity index (χ4n) is 2.08. The van der Waals surface area contributed by atoms with Crippen LogP contribution in [-0.4, -0.2) is 10.1 Å². The lowest BCUT2D eigenvalue weighted by Gasteiger charge is -2.06. The van der Waals surface area contributed by atoms with Crippen molar-refractivity contribution >= 4 is 27.8 Å². The van der Waals surface area contributed by atoms with Crippen LogP contribution in [0.5, 0.6) is 5.88 Å². The molecule has 3 rings (SSSR count). The maximum absolute atomic E-state index is 9.94. The Morgan fingerprint density at radius 1 is 1.00 bits per heavy atom. The number of hydrogen-bond donors (Lipinski definition) is 1. The molecule has 0 atom stereocenters. The molecule has 2 aromatic carbocycles. The molecule has 0 saturated carbocycles. The van der Waals surface area contributed by atoms with Gasteiger partial charge in [-0.3, -0.25) is 0 Å². The van der Waals surface area contributed by atoms with Gasteiger partial charge in [-0.2, -0.15) is 0 Å². The molecule has 0 radical (unpaired) electrons. The van der Waals surface area contributed by atoms with Crippen LogP contribution in [0.25, 0.3) is 27.8 Å². The van der Waals surface area contributed by atoms with E-state index in [2.05, 4.69) is 11.6 Å². The smallest absolute Gasteiger partial charge is 0.219 e. The molecule has 1 N–H and O–H groups in total. The lowest BCUT2D eigenvalue weighted by Crippen LogP contribution is -1.84. The number of fused-ring (bicyclic) bond motifs is 3. The van der Waals surface area contributed by atoms with Gasteiger partial charge in [0.1, 0.15) is 0 Å². The van der Waals surface area contributed by atoms with Crippen LogP contribution in [0.4, 0.5) is 0 Å². The minimum absolute atomic E-state index is 0.0717. The molecule has 0 saturated heterocycles. The van der Waals surface area contributed by atoms with E-state index in [1.165, 1.54) is 0 Å². The molecule has 2 heteroatoms. The van der Waals surface area contributed by atoms with Crippen LogP contribution >= 0.6 is 0 Å². The molecular weight excluding hydrogens is 210 g/mol. The number of rotatable bonds is 1. The summed E-state index contributed by atoms with van der Waals surface area (Å²) in [6.45, 7) is 3.73. The molecule has 0 aliphatic heterocycles. The van der Waals surface area contributed by atoms with E-state index in [0.29, 0.717) is 0 Å². The number of aromatic hydroxyl groups is 1. The summed E-state index contributed by atoms with van der Waals surface area (Å²) in [5, 5.41) is 12.8. The molecule has 0 fully saturated rings. The summed E-state index contributed by atoms with van der Waals surface area (Å²) < 4.78 is 0. The molecule has 3 aromatic rings. The Labute approximate surface area is 98.8 Å². The first-order valence-corrected chi connectivity index (χ1v) is 5.43. The van der Waals surface area contributed by atoms with Crippen molar-refractivity contribution in [2.45, 2.75) is 0 Å². The third-order valence-corrected chi connectivity index (χ3v) is 2.94. The maximum atomic E-state index is 9.94. The Balaban J connectivity index is 2.53. The largest absolute Gasteiger partial charge is 0.493 e. The van der Waals surface area contributed by atoms with Crippen molar-refractivity contribution in [3.05, 3.63) is 54.6 Å². The van der Waals surface area contributed by atoms with Crippen LogP contribution in [0.1, 0.15) is 5.56 Å². The highest BCUT2D eigenvalue weighted by atomic mass is 16.3. The molecule has 1 heterocycles. The number of nitrogens with zero attached hydrogens (tertiary/aromatic N) is 1. The average molecular weight is 221 g/mol. The van der Waals surface area contributed by atoms with E-state index in [0.717, 1.165) is 27.2 Å². The van der Waals surface area contributed by atoms with Crippen molar-refractivity contribution in [2.75, 3.05) is 0 Å². The van der Waals surface area contributed by atoms with E-state index in [9.17, 15) is 5.11 Å². The van der Waals surface area contributed by atoms with E-state index < -0.39 is 0 Å². The first kappa shape index (κ1) is 9.85. The van der Waals surface area contributed by atoms with Crippen molar-refractivity contribution in [3.63, 3.8) is 0 Å². The molecule has 17 heavy (non-hydrogen) atoms. The Morgan fingerprint density at radius 2 is 1.82 bits per heavy atom. The minimum atomic E-state index is 0.0717. The topological polar surface area (TPSA) is 33.1 Å². The number of aromatic nitrogens is 1. The molecule has 1 aromatic heterocycles. The second-order valence-corrected chi connectivity index (χ2v) is 3.96. The Hall–Kier alpha value is -2.35. The van der Waals surface area contributed by atoms with Crippen LogP contribution in [-0.2, 0) is 0 Å². The predicted octanol–water partition coefficient (Wildman–Crippen LogP) is 3.74. The molecule has 0 spiro atoms. The van der Waals surface area contributed by atoms with Crippen molar-refractivity contribution in [1.82, 2.24) is 4.98 Å². The Morgan fingerprint density at radius 3 is 2.65 bits per heavy atom. The highest BCUT2D eigenvalue weighted by molar-refractivity contribution is 6.08. The fourth-order valence-corrected chi connectivity index (χ4v) is 2.08. The van der Waals surface area contributed by atoms with Crippen LogP contribution in [0.15, 0.2) is 49.0 Å². The SMILES string of the molecule is C=Cc1ccc2c(c1)c(O)nc1ccccc12. The second kappa shape index (κ2) is 3.59. The lowest BCUT2D eigenvalue weighted by atomic mass is 10.0. The highest BCUT2D eigenvalue weighted by Crippen LogP contribution is 2.30. The van der Waals surface area contributed by atoms with Gasteiger partial charge in [0.2, 0.25) is 5.88 Å². The number of hydrogen-bond acceptors (Lipinski definition) is 2. The summed E-state index contributed by atoms with van der Waals surface area (Å²) in [6.07, 6.45) is 1.76. The van der Waals surface area contributed by atoms with Gasteiger partial charge in [-0.25, -0.2) is 4.98 Å². The van der Waals surface area contributed by atoms with Gasteiger partial charge in [-0.15, -0.1) is 0 Å². The monoisotopic (exact) mass is 221 g/mol. The number of benzene rings is 2. The molecule has 0 amide bonds. The molecule has 0 aliphatic carbocycles. The Kier molecular flexibility index (Phi) is 2.08. The van der Waals surface area contributed by atoms with Crippen LogP contribution in [0.2, 0.25) is 0 Å². The van der Waals surface area contributed by atoms with Gasteiger partial charge in [0.15, 0.2) is 0 Å². The van der Waals surface area contributed by atoms with Crippen LogP contribution < -0.4 is 0 Å². The van der Waals surface area contributed by atoms with Crippen molar-refractivity contribution in [2.24, 2.45) is 0 Å². The summed E-state index contributed by atoms with van der Waals surface area (Å²) >= 11 is 0. The van der Waals surface area contributed by atoms with E-state index in [1.807, 2.05) is 42.5 Å². The molecule has 82 valence electrons. The standard InChI is InChI=1S/C15H11NO/c1-2-10-7-8-11-12-5-3-4-6-14(12)16-15(17)13(11)9-10/h2-9H,1H2,(H,16,17). The van der Waals surface area contributed by atoms with Gasteiger partial charge < -0.3 is 5.11 Å². The van der Waals surface area contributed by atoms with Gasteiger partial charge >= 0.3 is 0 Å². The molecular formula is C15H11NO. The van der Waals surface area contributed by atoms with Crippen LogP contribution in [0.3, 0.4) is 0 Å². The average Bonchev–Trinajstić information content (AvgIpc) is 2.38. The summed E-state index contributed by atoms with van der Waals surface area (Å²) in [7, 11) is 0. The fraction of sp³-hybridized carbons (Fsp3) is 0. The predicted molar refractivity (Wildman–Crippen MR) is 71.0 cm³/mol. The number of para-hydroxylation sites is 1. The molecule has 0 aliphatic rings. The summed E-state index contributed by atoms with van der Waals surface area (Å²) in [5.41, 5.74) is 1.79. The van der Waals surface area contributed by atoms with Crippen molar-refractivity contribution < 1.29 is 5.11 Å². The zero-order valence-electron chi connectivity index (χ0n) is 9.22. The highest BCUT2D eigenvalue weighted by Gasteiger charge is 2.06.